The van der Waals surface area contributed by atoms with Crippen molar-refractivity contribution in [1.29, 1.82) is 0 Å². The van der Waals surface area contributed by atoms with Crippen LogP contribution in [0.5, 0.6) is 5.75 Å². The predicted molar refractivity (Wildman–Crippen MR) is 131 cm³/mol. The van der Waals surface area contributed by atoms with Crippen LogP contribution in [-0.2, 0) is 4.79 Å². The lowest BCUT2D eigenvalue weighted by Crippen LogP contribution is -2.22. The van der Waals surface area contributed by atoms with Gasteiger partial charge in [-0.15, -0.1) is 0 Å². The number of rotatable bonds is 7. The zero-order chi connectivity index (χ0) is 23.0. The Labute approximate surface area is 193 Å². The van der Waals surface area contributed by atoms with Crippen LogP contribution in [0, 0.1) is 0 Å². The van der Waals surface area contributed by atoms with E-state index >= 15 is 0 Å². The maximum absolute atomic E-state index is 13.2. The van der Waals surface area contributed by atoms with Gasteiger partial charge >= 0.3 is 0 Å². The molecule has 0 fully saturated rings. The average Bonchev–Trinajstić information content (AvgIpc) is 2.86. The summed E-state index contributed by atoms with van der Waals surface area (Å²) in [6, 6.07) is 33.3. The van der Waals surface area contributed by atoms with E-state index in [0.29, 0.717) is 22.7 Å². The summed E-state index contributed by atoms with van der Waals surface area (Å²) in [7, 11) is 1.58. The molecule has 0 unspecified atom stereocenters. The first-order valence-corrected chi connectivity index (χ1v) is 10.6. The minimum Gasteiger partial charge on any atom is -0.497 e. The first kappa shape index (κ1) is 21.8. The molecule has 0 aliphatic rings. The Bertz CT molecular complexity index is 1180. The van der Waals surface area contributed by atoms with Crippen LogP contribution in [0.3, 0.4) is 0 Å². The zero-order valence-corrected chi connectivity index (χ0v) is 18.2. The molecule has 164 valence electrons. The summed E-state index contributed by atoms with van der Waals surface area (Å²) < 4.78 is 5.19. The average molecular weight is 437 g/mol. The van der Waals surface area contributed by atoms with Gasteiger partial charge < -0.3 is 15.4 Å². The second-order valence-corrected chi connectivity index (χ2v) is 7.51. The standard InChI is InChI=1S/C28H24N2O3/c1-33-25-14-8-13-24(19-25)30-27(31)22-15-17-23(18-16-22)29-28(32)26(20-9-4-2-5-10-20)21-11-6-3-7-12-21/h2-19,26H,1H3,(H,29,32)(H,30,31). The lowest BCUT2D eigenvalue weighted by Gasteiger charge is -2.18. The van der Waals surface area contributed by atoms with E-state index < -0.39 is 5.92 Å². The van der Waals surface area contributed by atoms with Gasteiger partial charge in [0.2, 0.25) is 5.91 Å². The molecule has 2 amide bonds. The van der Waals surface area contributed by atoms with E-state index in [1.165, 1.54) is 0 Å². The van der Waals surface area contributed by atoms with Crippen molar-refractivity contribution in [2.75, 3.05) is 17.7 Å². The van der Waals surface area contributed by atoms with Crippen molar-refractivity contribution in [3.63, 3.8) is 0 Å². The van der Waals surface area contributed by atoms with Gasteiger partial charge in [0.15, 0.2) is 0 Å². The van der Waals surface area contributed by atoms with Crippen LogP contribution < -0.4 is 15.4 Å². The molecule has 0 atom stereocenters. The van der Waals surface area contributed by atoms with Crippen LogP contribution in [0.15, 0.2) is 109 Å². The maximum Gasteiger partial charge on any atom is 0.255 e. The van der Waals surface area contributed by atoms with Gasteiger partial charge in [0.25, 0.3) is 5.91 Å². The number of carbonyl (C=O) groups is 2. The molecule has 5 heteroatoms. The van der Waals surface area contributed by atoms with Gasteiger partial charge in [0.1, 0.15) is 5.75 Å². The van der Waals surface area contributed by atoms with Crippen molar-refractivity contribution in [3.8, 4) is 5.75 Å². The molecule has 0 aromatic heterocycles. The second kappa shape index (κ2) is 10.3. The van der Waals surface area contributed by atoms with Crippen LogP contribution >= 0.6 is 0 Å². The van der Waals surface area contributed by atoms with Gasteiger partial charge in [0, 0.05) is 23.0 Å². The van der Waals surface area contributed by atoms with Gasteiger partial charge in [-0.2, -0.15) is 0 Å². The minimum absolute atomic E-state index is 0.138. The summed E-state index contributed by atoms with van der Waals surface area (Å²) in [6.07, 6.45) is 0. The fourth-order valence-electron chi connectivity index (χ4n) is 3.61. The van der Waals surface area contributed by atoms with Gasteiger partial charge in [-0.05, 0) is 47.5 Å². The van der Waals surface area contributed by atoms with E-state index in [1.807, 2.05) is 72.8 Å². The fraction of sp³-hybridized carbons (Fsp3) is 0.0714. The summed E-state index contributed by atoms with van der Waals surface area (Å²) in [4.78, 5) is 25.8. The summed E-state index contributed by atoms with van der Waals surface area (Å²) in [6.45, 7) is 0. The van der Waals surface area contributed by atoms with Crippen LogP contribution in [0.4, 0.5) is 11.4 Å². The number of hydrogen-bond donors (Lipinski definition) is 2. The molecule has 33 heavy (non-hydrogen) atoms. The lowest BCUT2D eigenvalue weighted by molar-refractivity contribution is -0.116. The van der Waals surface area contributed by atoms with Crippen molar-refractivity contribution in [2.24, 2.45) is 0 Å². The van der Waals surface area contributed by atoms with E-state index in [1.54, 1.807) is 43.5 Å². The van der Waals surface area contributed by atoms with Crippen molar-refractivity contribution in [1.82, 2.24) is 0 Å². The number of methoxy groups -OCH3 is 1. The monoisotopic (exact) mass is 436 g/mol. The molecule has 4 aromatic rings. The smallest absolute Gasteiger partial charge is 0.255 e. The van der Waals surface area contributed by atoms with Crippen molar-refractivity contribution in [2.45, 2.75) is 5.92 Å². The minimum atomic E-state index is -0.441. The molecule has 0 heterocycles. The second-order valence-electron chi connectivity index (χ2n) is 7.51. The van der Waals surface area contributed by atoms with Gasteiger partial charge in [-0.3, -0.25) is 9.59 Å². The van der Waals surface area contributed by atoms with Crippen LogP contribution in [0.1, 0.15) is 27.4 Å². The van der Waals surface area contributed by atoms with Crippen LogP contribution in [0.2, 0.25) is 0 Å². The molecule has 0 saturated heterocycles. The molecule has 0 aliphatic heterocycles. The quantitative estimate of drug-likeness (QED) is 0.389. The Morgan fingerprint density at radius 2 is 1.27 bits per heavy atom. The van der Waals surface area contributed by atoms with Crippen LogP contribution in [0.25, 0.3) is 0 Å². The van der Waals surface area contributed by atoms with E-state index in [-0.39, 0.29) is 11.8 Å². The maximum atomic E-state index is 13.2. The van der Waals surface area contributed by atoms with Crippen molar-refractivity contribution >= 4 is 23.2 Å². The molecular weight excluding hydrogens is 412 g/mol. The van der Waals surface area contributed by atoms with Crippen LogP contribution in [-0.4, -0.2) is 18.9 Å². The first-order chi connectivity index (χ1) is 16.1. The lowest BCUT2D eigenvalue weighted by atomic mass is 9.90. The molecular formula is C28H24N2O3. The summed E-state index contributed by atoms with van der Waals surface area (Å²) in [5.74, 6) is -0.158. The van der Waals surface area contributed by atoms with E-state index in [2.05, 4.69) is 10.6 Å². The third kappa shape index (κ3) is 5.46. The Kier molecular flexibility index (Phi) is 6.81. The van der Waals surface area contributed by atoms with Crippen molar-refractivity contribution in [3.05, 3.63) is 126 Å². The Hall–Kier alpha value is -4.38. The number of amides is 2. The summed E-state index contributed by atoms with van der Waals surface area (Å²) >= 11 is 0. The molecule has 0 spiro atoms. The van der Waals surface area contributed by atoms with E-state index in [0.717, 1.165) is 11.1 Å². The normalized spacial score (nSPS) is 10.5. The molecule has 2 N–H and O–H groups in total. The highest BCUT2D eigenvalue weighted by Gasteiger charge is 2.22. The number of nitrogens with one attached hydrogen (secondary N) is 2. The zero-order valence-electron chi connectivity index (χ0n) is 18.2. The van der Waals surface area contributed by atoms with Gasteiger partial charge in [0.05, 0.1) is 13.0 Å². The largest absolute Gasteiger partial charge is 0.497 e. The number of hydrogen-bond acceptors (Lipinski definition) is 3. The Balaban J connectivity index is 1.48. The number of ether oxygens (including phenoxy) is 1. The van der Waals surface area contributed by atoms with Gasteiger partial charge in [-0.25, -0.2) is 0 Å². The predicted octanol–water partition coefficient (Wildman–Crippen LogP) is 5.72. The highest BCUT2D eigenvalue weighted by Crippen LogP contribution is 2.26. The topological polar surface area (TPSA) is 67.4 Å². The highest BCUT2D eigenvalue weighted by molar-refractivity contribution is 6.05. The summed E-state index contributed by atoms with van der Waals surface area (Å²) in [5, 5.41) is 5.83. The molecule has 4 rings (SSSR count). The fourth-order valence-corrected chi connectivity index (χ4v) is 3.61. The van der Waals surface area contributed by atoms with Crippen molar-refractivity contribution < 1.29 is 14.3 Å². The highest BCUT2D eigenvalue weighted by atomic mass is 16.5. The molecule has 5 nitrogen and oxygen atoms in total. The van der Waals surface area contributed by atoms with E-state index in [9.17, 15) is 9.59 Å². The SMILES string of the molecule is COc1cccc(NC(=O)c2ccc(NC(=O)C(c3ccccc3)c3ccccc3)cc2)c1. The third-order valence-corrected chi connectivity index (χ3v) is 5.27. The molecule has 4 aromatic carbocycles. The number of carbonyl (C=O) groups excluding carboxylic acids is 2. The summed E-state index contributed by atoms with van der Waals surface area (Å²) in [5.41, 5.74) is 3.57. The third-order valence-electron chi connectivity index (χ3n) is 5.27. The molecule has 0 radical (unpaired) electrons. The molecule has 0 saturated carbocycles. The number of benzene rings is 4. The first-order valence-electron chi connectivity index (χ1n) is 10.6. The number of anilines is 2. The molecule has 0 aliphatic carbocycles. The Morgan fingerprint density at radius 1 is 0.667 bits per heavy atom. The molecule has 0 bridgehead atoms. The Morgan fingerprint density at radius 3 is 1.85 bits per heavy atom. The van der Waals surface area contributed by atoms with Gasteiger partial charge in [-0.1, -0.05) is 66.7 Å². The van der Waals surface area contributed by atoms with E-state index in [4.69, 9.17) is 4.74 Å².